The molecule has 88 valence electrons. The molecule has 2 N–H and O–H groups in total. The number of hydrogen-bond acceptors (Lipinski definition) is 2. The number of rotatable bonds is 3. The molecule has 17 heavy (non-hydrogen) atoms. The van der Waals surface area contributed by atoms with Crippen LogP contribution in [0, 0.1) is 6.92 Å². The second-order valence-corrected chi connectivity index (χ2v) is 4.97. The van der Waals surface area contributed by atoms with Gasteiger partial charge in [0.25, 0.3) is 0 Å². The van der Waals surface area contributed by atoms with Crippen LogP contribution in [0.25, 0.3) is 0 Å². The van der Waals surface area contributed by atoms with Gasteiger partial charge in [0, 0.05) is 22.9 Å². The first-order chi connectivity index (χ1) is 8.18. The molecule has 1 aromatic carbocycles. The summed E-state index contributed by atoms with van der Waals surface area (Å²) in [5.74, 6) is 0. The fraction of sp³-hybridized carbons (Fsp3) is 0.214. The molecule has 0 aliphatic carbocycles. The molecule has 1 atom stereocenters. The third kappa shape index (κ3) is 2.93. The van der Waals surface area contributed by atoms with Gasteiger partial charge in [0.2, 0.25) is 0 Å². The Bertz CT molecular complexity index is 497. The minimum absolute atomic E-state index is 0.0231. The van der Waals surface area contributed by atoms with E-state index in [0.717, 1.165) is 10.9 Å². The van der Waals surface area contributed by atoms with Gasteiger partial charge in [0.05, 0.1) is 0 Å². The van der Waals surface area contributed by atoms with E-state index in [-0.39, 0.29) is 6.04 Å². The molecule has 0 saturated carbocycles. The standard InChI is InChI=1S/C14H15BrN2/c1-10-12(3-2-4-13(10)15)14(16)9-11-5-7-17-8-6-11/h2-8,14H,9,16H2,1H3. The minimum Gasteiger partial charge on any atom is -0.324 e. The van der Waals surface area contributed by atoms with Crippen molar-refractivity contribution in [3.63, 3.8) is 0 Å². The zero-order valence-electron chi connectivity index (χ0n) is 9.73. The second-order valence-electron chi connectivity index (χ2n) is 4.12. The molecule has 1 heterocycles. The topological polar surface area (TPSA) is 38.9 Å². The third-order valence-corrected chi connectivity index (χ3v) is 3.77. The highest BCUT2D eigenvalue weighted by atomic mass is 79.9. The van der Waals surface area contributed by atoms with E-state index in [0.29, 0.717) is 0 Å². The van der Waals surface area contributed by atoms with E-state index in [1.54, 1.807) is 12.4 Å². The van der Waals surface area contributed by atoms with Crippen molar-refractivity contribution >= 4 is 15.9 Å². The number of halogens is 1. The lowest BCUT2D eigenvalue weighted by molar-refractivity contribution is 0.715. The van der Waals surface area contributed by atoms with Gasteiger partial charge in [-0.15, -0.1) is 0 Å². The van der Waals surface area contributed by atoms with Gasteiger partial charge in [-0.2, -0.15) is 0 Å². The molecular formula is C14H15BrN2. The number of nitrogens with two attached hydrogens (primary N) is 1. The van der Waals surface area contributed by atoms with Crippen LogP contribution in [0.2, 0.25) is 0 Å². The van der Waals surface area contributed by atoms with Gasteiger partial charge in [-0.3, -0.25) is 4.98 Å². The van der Waals surface area contributed by atoms with E-state index in [4.69, 9.17) is 5.73 Å². The number of hydrogen-bond donors (Lipinski definition) is 1. The van der Waals surface area contributed by atoms with Crippen molar-refractivity contribution in [2.75, 3.05) is 0 Å². The average molecular weight is 291 g/mol. The summed E-state index contributed by atoms with van der Waals surface area (Å²) in [7, 11) is 0. The summed E-state index contributed by atoms with van der Waals surface area (Å²) in [5, 5.41) is 0. The van der Waals surface area contributed by atoms with Crippen molar-refractivity contribution in [1.82, 2.24) is 4.98 Å². The minimum atomic E-state index is 0.0231. The largest absolute Gasteiger partial charge is 0.324 e. The van der Waals surface area contributed by atoms with Crippen molar-refractivity contribution in [3.05, 3.63) is 63.9 Å². The van der Waals surface area contributed by atoms with Crippen molar-refractivity contribution in [1.29, 1.82) is 0 Å². The molecule has 0 bridgehead atoms. The Balaban J connectivity index is 2.20. The van der Waals surface area contributed by atoms with Gasteiger partial charge in [0.1, 0.15) is 0 Å². The predicted molar refractivity (Wildman–Crippen MR) is 73.7 cm³/mol. The van der Waals surface area contributed by atoms with Crippen LogP contribution >= 0.6 is 15.9 Å². The van der Waals surface area contributed by atoms with Crippen LogP contribution in [0.15, 0.2) is 47.2 Å². The number of pyridine rings is 1. The molecule has 0 saturated heterocycles. The molecule has 0 aliphatic heterocycles. The van der Waals surface area contributed by atoms with Crippen LogP contribution in [-0.4, -0.2) is 4.98 Å². The number of nitrogens with zero attached hydrogens (tertiary/aromatic N) is 1. The summed E-state index contributed by atoms with van der Waals surface area (Å²) in [6, 6.07) is 10.2. The molecule has 0 fully saturated rings. The molecule has 0 amide bonds. The summed E-state index contributed by atoms with van der Waals surface area (Å²) in [6.07, 6.45) is 4.44. The zero-order chi connectivity index (χ0) is 12.3. The van der Waals surface area contributed by atoms with E-state index in [9.17, 15) is 0 Å². The summed E-state index contributed by atoms with van der Waals surface area (Å²) in [5.41, 5.74) is 9.88. The molecule has 0 aliphatic rings. The monoisotopic (exact) mass is 290 g/mol. The highest BCUT2D eigenvalue weighted by molar-refractivity contribution is 9.10. The van der Waals surface area contributed by atoms with Gasteiger partial charge >= 0.3 is 0 Å². The van der Waals surface area contributed by atoms with Gasteiger partial charge in [0.15, 0.2) is 0 Å². The van der Waals surface area contributed by atoms with Crippen LogP contribution in [0.5, 0.6) is 0 Å². The van der Waals surface area contributed by atoms with Crippen LogP contribution in [0.1, 0.15) is 22.7 Å². The summed E-state index contributed by atoms with van der Waals surface area (Å²) >= 11 is 3.53. The normalized spacial score (nSPS) is 12.4. The Labute approximate surface area is 110 Å². The SMILES string of the molecule is Cc1c(Br)cccc1C(N)Cc1ccncc1. The first kappa shape index (κ1) is 12.3. The maximum Gasteiger partial charge on any atom is 0.0338 e. The van der Waals surface area contributed by atoms with E-state index in [1.807, 2.05) is 24.3 Å². The lowest BCUT2D eigenvalue weighted by atomic mass is 9.97. The van der Waals surface area contributed by atoms with Crippen molar-refractivity contribution in [3.8, 4) is 0 Å². The van der Waals surface area contributed by atoms with Crippen molar-refractivity contribution in [2.45, 2.75) is 19.4 Å². The molecule has 3 heteroatoms. The second kappa shape index (κ2) is 5.43. The van der Waals surface area contributed by atoms with Crippen LogP contribution in [0.3, 0.4) is 0 Å². The van der Waals surface area contributed by atoms with Gasteiger partial charge in [-0.25, -0.2) is 0 Å². The maximum absolute atomic E-state index is 6.26. The Morgan fingerprint density at radius 1 is 1.24 bits per heavy atom. The highest BCUT2D eigenvalue weighted by Crippen LogP contribution is 2.25. The van der Waals surface area contributed by atoms with Gasteiger partial charge in [-0.1, -0.05) is 28.1 Å². The average Bonchev–Trinajstić information content (AvgIpc) is 2.34. The van der Waals surface area contributed by atoms with Crippen molar-refractivity contribution in [2.24, 2.45) is 5.73 Å². The van der Waals surface area contributed by atoms with E-state index >= 15 is 0 Å². The Morgan fingerprint density at radius 2 is 1.94 bits per heavy atom. The quantitative estimate of drug-likeness (QED) is 0.941. The number of benzene rings is 1. The van der Waals surface area contributed by atoms with E-state index in [2.05, 4.69) is 33.9 Å². The molecule has 2 aromatic rings. The van der Waals surface area contributed by atoms with Crippen LogP contribution in [0.4, 0.5) is 0 Å². The molecule has 2 rings (SSSR count). The lowest BCUT2D eigenvalue weighted by Crippen LogP contribution is -2.14. The highest BCUT2D eigenvalue weighted by Gasteiger charge is 2.11. The van der Waals surface area contributed by atoms with Gasteiger partial charge in [-0.05, 0) is 48.2 Å². The lowest BCUT2D eigenvalue weighted by Gasteiger charge is -2.15. The van der Waals surface area contributed by atoms with Crippen molar-refractivity contribution < 1.29 is 0 Å². The Kier molecular flexibility index (Phi) is 3.92. The fourth-order valence-electron chi connectivity index (χ4n) is 1.91. The first-order valence-electron chi connectivity index (χ1n) is 5.58. The summed E-state index contributed by atoms with van der Waals surface area (Å²) in [4.78, 5) is 4.01. The fourth-order valence-corrected chi connectivity index (χ4v) is 2.29. The van der Waals surface area contributed by atoms with E-state index in [1.165, 1.54) is 16.7 Å². The maximum atomic E-state index is 6.26. The molecular weight excluding hydrogens is 276 g/mol. The predicted octanol–water partition coefficient (Wildman–Crippen LogP) is 3.40. The van der Waals surface area contributed by atoms with Crippen LogP contribution < -0.4 is 5.73 Å². The molecule has 2 nitrogen and oxygen atoms in total. The van der Waals surface area contributed by atoms with Gasteiger partial charge < -0.3 is 5.73 Å². The Hall–Kier alpha value is -1.19. The van der Waals surface area contributed by atoms with Crippen LogP contribution in [-0.2, 0) is 6.42 Å². The molecule has 0 spiro atoms. The Morgan fingerprint density at radius 3 is 2.65 bits per heavy atom. The third-order valence-electron chi connectivity index (χ3n) is 2.91. The van der Waals surface area contributed by atoms with E-state index < -0.39 is 0 Å². The summed E-state index contributed by atoms with van der Waals surface area (Å²) < 4.78 is 1.11. The first-order valence-corrected chi connectivity index (χ1v) is 6.37. The number of aromatic nitrogens is 1. The molecule has 1 unspecified atom stereocenters. The molecule has 1 aromatic heterocycles. The summed E-state index contributed by atoms with van der Waals surface area (Å²) in [6.45, 7) is 2.09. The molecule has 0 radical (unpaired) electrons. The zero-order valence-corrected chi connectivity index (χ0v) is 11.3. The smallest absolute Gasteiger partial charge is 0.0338 e.